The van der Waals surface area contributed by atoms with E-state index >= 15 is 0 Å². The zero-order chi connectivity index (χ0) is 22.3. The molecule has 1 N–H and O–H groups in total. The van der Waals surface area contributed by atoms with E-state index in [1.54, 1.807) is 18.2 Å². The third-order valence-electron chi connectivity index (χ3n) is 5.72. The molecule has 2 heterocycles. The van der Waals surface area contributed by atoms with Crippen molar-refractivity contribution in [1.29, 1.82) is 0 Å². The molecular formula is C24H29ClFN3O3. The number of nitrogens with zero attached hydrogens (tertiary/aromatic N) is 3. The summed E-state index contributed by atoms with van der Waals surface area (Å²) >= 11 is 6.17. The van der Waals surface area contributed by atoms with Gasteiger partial charge in [0, 0.05) is 56.3 Å². The van der Waals surface area contributed by atoms with Crippen LogP contribution in [-0.4, -0.2) is 78.8 Å². The molecule has 0 amide bonds. The molecule has 0 bridgehead atoms. The summed E-state index contributed by atoms with van der Waals surface area (Å²) in [6.45, 7) is 5.32. The number of aliphatic hydroxyl groups is 1. The van der Waals surface area contributed by atoms with E-state index in [-0.39, 0.29) is 11.9 Å². The zero-order valence-electron chi connectivity index (χ0n) is 18.0. The van der Waals surface area contributed by atoms with E-state index in [4.69, 9.17) is 21.2 Å². The van der Waals surface area contributed by atoms with Crippen molar-refractivity contribution in [1.82, 2.24) is 9.80 Å². The molecule has 2 aliphatic rings. The number of morpholine rings is 1. The number of hydrogen-bond donors (Lipinski definition) is 1. The Kier molecular flexibility index (Phi) is 8.10. The van der Waals surface area contributed by atoms with Crippen LogP contribution in [0, 0.1) is 5.82 Å². The van der Waals surface area contributed by atoms with Crippen molar-refractivity contribution in [3.63, 3.8) is 0 Å². The van der Waals surface area contributed by atoms with Crippen molar-refractivity contribution in [3.05, 3.63) is 70.5 Å². The molecule has 6 nitrogen and oxygen atoms in total. The number of halogens is 2. The van der Waals surface area contributed by atoms with Gasteiger partial charge in [-0.25, -0.2) is 4.39 Å². The third-order valence-corrected chi connectivity index (χ3v) is 5.95. The monoisotopic (exact) mass is 461 g/mol. The van der Waals surface area contributed by atoms with Gasteiger partial charge in [0.1, 0.15) is 11.9 Å². The van der Waals surface area contributed by atoms with Crippen LogP contribution in [0.5, 0.6) is 0 Å². The molecule has 0 spiro atoms. The SMILES string of the molecule is O[C@H](CN1CCOCC1)CN(Cc1cccc(Cl)c1)C[C@@H]1CC(c2ccccc2F)=NO1. The molecule has 2 aliphatic heterocycles. The minimum absolute atomic E-state index is 0.209. The number of β-amino-alcohol motifs (C(OH)–C–C–N with tert-alkyl or cyclic N) is 1. The first-order chi connectivity index (χ1) is 15.6. The molecular weight excluding hydrogens is 433 g/mol. The van der Waals surface area contributed by atoms with Crippen molar-refractivity contribution in [2.75, 3.05) is 45.9 Å². The average molecular weight is 462 g/mol. The van der Waals surface area contributed by atoms with Gasteiger partial charge in [0.2, 0.25) is 0 Å². The van der Waals surface area contributed by atoms with Crippen LogP contribution in [0.3, 0.4) is 0 Å². The highest BCUT2D eigenvalue weighted by Gasteiger charge is 2.27. The van der Waals surface area contributed by atoms with Gasteiger partial charge in [-0.1, -0.05) is 47.1 Å². The first-order valence-electron chi connectivity index (χ1n) is 11.0. The second-order valence-electron chi connectivity index (χ2n) is 8.34. The predicted molar refractivity (Wildman–Crippen MR) is 122 cm³/mol. The Bertz CT molecular complexity index is 923. The summed E-state index contributed by atoms with van der Waals surface area (Å²) in [6, 6.07) is 14.3. The van der Waals surface area contributed by atoms with Crippen molar-refractivity contribution in [3.8, 4) is 0 Å². The lowest BCUT2D eigenvalue weighted by Gasteiger charge is -2.31. The van der Waals surface area contributed by atoms with Crippen molar-refractivity contribution >= 4 is 17.3 Å². The van der Waals surface area contributed by atoms with Crippen LogP contribution >= 0.6 is 11.6 Å². The number of ether oxygens (including phenoxy) is 1. The molecule has 4 rings (SSSR count). The zero-order valence-corrected chi connectivity index (χ0v) is 18.8. The summed E-state index contributed by atoms with van der Waals surface area (Å²) in [6.07, 6.45) is -0.202. The van der Waals surface area contributed by atoms with Gasteiger partial charge in [-0.15, -0.1) is 0 Å². The normalized spacial score (nSPS) is 20.2. The van der Waals surface area contributed by atoms with E-state index < -0.39 is 6.10 Å². The molecule has 0 radical (unpaired) electrons. The van der Waals surface area contributed by atoms with Crippen LogP contribution in [0.4, 0.5) is 4.39 Å². The number of rotatable bonds is 9. The van der Waals surface area contributed by atoms with Gasteiger partial charge in [0.25, 0.3) is 0 Å². The van der Waals surface area contributed by atoms with Gasteiger partial charge in [-0.2, -0.15) is 0 Å². The number of hydrogen-bond acceptors (Lipinski definition) is 6. The van der Waals surface area contributed by atoms with Crippen molar-refractivity contribution in [2.45, 2.75) is 25.2 Å². The highest BCUT2D eigenvalue weighted by atomic mass is 35.5. The molecule has 172 valence electrons. The van der Waals surface area contributed by atoms with Crippen LogP contribution < -0.4 is 0 Å². The van der Waals surface area contributed by atoms with Crippen LogP contribution in [0.1, 0.15) is 17.5 Å². The molecule has 0 saturated carbocycles. The Balaban J connectivity index is 1.39. The summed E-state index contributed by atoms with van der Waals surface area (Å²) in [4.78, 5) is 10.0. The van der Waals surface area contributed by atoms with Crippen LogP contribution in [0.2, 0.25) is 5.02 Å². The fraction of sp³-hybridized carbons (Fsp3) is 0.458. The minimum atomic E-state index is -0.513. The molecule has 2 aromatic rings. The van der Waals surface area contributed by atoms with Gasteiger partial charge < -0.3 is 14.7 Å². The van der Waals surface area contributed by atoms with Crippen LogP contribution in [0.15, 0.2) is 53.7 Å². The lowest BCUT2D eigenvalue weighted by atomic mass is 10.0. The quantitative estimate of drug-likeness (QED) is 0.621. The van der Waals surface area contributed by atoms with Crippen molar-refractivity contribution in [2.24, 2.45) is 5.16 Å². The third kappa shape index (κ3) is 6.49. The fourth-order valence-electron chi connectivity index (χ4n) is 4.20. The topological polar surface area (TPSA) is 57.5 Å². The maximum atomic E-state index is 14.1. The summed E-state index contributed by atoms with van der Waals surface area (Å²) < 4.78 is 19.5. The largest absolute Gasteiger partial charge is 0.390 e. The number of benzene rings is 2. The maximum absolute atomic E-state index is 14.1. The fourth-order valence-corrected chi connectivity index (χ4v) is 4.42. The summed E-state index contributed by atoms with van der Waals surface area (Å²) in [5.74, 6) is -0.299. The molecule has 2 aromatic carbocycles. The van der Waals surface area contributed by atoms with E-state index in [1.165, 1.54) is 6.07 Å². The average Bonchev–Trinajstić information content (AvgIpc) is 3.23. The second kappa shape index (κ2) is 11.2. The highest BCUT2D eigenvalue weighted by Crippen LogP contribution is 2.21. The van der Waals surface area contributed by atoms with E-state index in [0.717, 1.165) is 18.7 Å². The first kappa shape index (κ1) is 23.1. The number of aliphatic hydroxyl groups excluding tert-OH is 1. The molecule has 0 aromatic heterocycles. The molecule has 8 heteroatoms. The van der Waals surface area contributed by atoms with Gasteiger partial charge in [-0.05, 0) is 23.8 Å². The molecule has 2 atom stereocenters. The Labute approximate surface area is 193 Å². The van der Waals surface area contributed by atoms with E-state index in [1.807, 2.05) is 24.3 Å². The van der Waals surface area contributed by atoms with E-state index in [2.05, 4.69) is 15.0 Å². The van der Waals surface area contributed by atoms with E-state index in [0.29, 0.717) is 62.1 Å². The van der Waals surface area contributed by atoms with Gasteiger partial charge in [0.15, 0.2) is 0 Å². The minimum Gasteiger partial charge on any atom is -0.390 e. The molecule has 1 fully saturated rings. The first-order valence-corrected chi connectivity index (χ1v) is 11.4. The summed E-state index contributed by atoms with van der Waals surface area (Å²) in [5, 5.41) is 15.6. The van der Waals surface area contributed by atoms with Gasteiger partial charge in [0.05, 0.1) is 25.0 Å². The lowest BCUT2D eigenvalue weighted by Crippen LogP contribution is -2.45. The Morgan fingerprint density at radius 2 is 2.00 bits per heavy atom. The number of oxime groups is 1. The standard InChI is InChI=1S/C24H29ClFN3O3/c25-19-5-3-4-18(12-19)14-29(16-20(30)15-28-8-10-31-11-9-28)17-21-13-24(27-32-21)22-6-1-2-7-23(22)26/h1-7,12,20-21,30H,8-11,13-17H2/t20-,21+/m1/s1. The summed E-state index contributed by atoms with van der Waals surface area (Å²) in [5.41, 5.74) is 2.15. The van der Waals surface area contributed by atoms with Crippen LogP contribution in [0.25, 0.3) is 0 Å². The van der Waals surface area contributed by atoms with Crippen molar-refractivity contribution < 1.29 is 19.1 Å². The Morgan fingerprint density at radius 3 is 2.78 bits per heavy atom. The lowest BCUT2D eigenvalue weighted by molar-refractivity contribution is -0.00265. The smallest absolute Gasteiger partial charge is 0.145 e. The molecule has 32 heavy (non-hydrogen) atoms. The summed E-state index contributed by atoms with van der Waals surface area (Å²) in [7, 11) is 0. The molecule has 0 aliphatic carbocycles. The Hall–Kier alpha value is -2.03. The maximum Gasteiger partial charge on any atom is 0.145 e. The highest BCUT2D eigenvalue weighted by molar-refractivity contribution is 6.30. The second-order valence-corrected chi connectivity index (χ2v) is 8.78. The van der Waals surface area contributed by atoms with Gasteiger partial charge in [-0.3, -0.25) is 9.80 Å². The molecule has 1 saturated heterocycles. The van der Waals surface area contributed by atoms with Gasteiger partial charge >= 0.3 is 0 Å². The Morgan fingerprint density at radius 1 is 1.19 bits per heavy atom. The predicted octanol–water partition coefficient (Wildman–Crippen LogP) is 3.17. The van der Waals surface area contributed by atoms with E-state index in [9.17, 15) is 9.50 Å². The van der Waals surface area contributed by atoms with Crippen LogP contribution in [-0.2, 0) is 16.1 Å². The molecule has 0 unspecified atom stereocenters.